The van der Waals surface area contributed by atoms with E-state index in [1.54, 1.807) is 17.4 Å². The molecule has 0 saturated carbocycles. The molecule has 12 heteroatoms. The number of anilines is 1. The van der Waals surface area contributed by atoms with E-state index in [4.69, 9.17) is 0 Å². The molecule has 1 aliphatic rings. The van der Waals surface area contributed by atoms with E-state index >= 15 is 0 Å². The van der Waals surface area contributed by atoms with Gasteiger partial charge < -0.3 is 4.90 Å². The molecule has 1 unspecified atom stereocenters. The van der Waals surface area contributed by atoms with Crippen molar-refractivity contribution in [1.29, 1.82) is 0 Å². The molecule has 1 atom stereocenters. The summed E-state index contributed by atoms with van der Waals surface area (Å²) >= 11 is 3.21. The van der Waals surface area contributed by atoms with Crippen LogP contribution in [0, 0.1) is 10.1 Å². The second-order valence-electron chi connectivity index (χ2n) is 7.60. The van der Waals surface area contributed by atoms with Crippen LogP contribution in [0.3, 0.4) is 0 Å². The third kappa shape index (κ3) is 3.96. The molecular formula is C20H22N8O2S2. The number of benzene rings is 1. The quantitative estimate of drug-likeness (QED) is 0.298. The minimum Gasteiger partial charge on any atom is -0.345 e. The summed E-state index contributed by atoms with van der Waals surface area (Å²) in [4.78, 5) is 21.4. The van der Waals surface area contributed by atoms with Crippen molar-refractivity contribution < 1.29 is 4.92 Å². The van der Waals surface area contributed by atoms with E-state index in [-0.39, 0.29) is 16.7 Å². The molecule has 0 N–H and O–H groups in total. The number of nitro benzene ring substituents is 1. The smallest absolute Gasteiger partial charge is 0.296 e. The van der Waals surface area contributed by atoms with Crippen molar-refractivity contribution in [2.75, 3.05) is 31.1 Å². The minimum absolute atomic E-state index is 0.0623. The number of fused-ring (bicyclic) bond motifs is 1. The van der Waals surface area contributed by atoms with Gasteiger partial charge >= 0.3 is 0 Å². The fourth-order valence-corrected chi connectivity index (χ4v) is 5.87. The van der Waals surface area contributed by atoms with Crippen LogP contribution in [0.4, 0.5) is 10.8 Å². The van der Waals surface area contributed by atoms with Crippen LogP contribution in [-0.2, 0) is 6.54 Å². The van der Waals surface area contributed by atoms with E-state index in [2.05, 4.69) is 48.7 Å². The van der Waals surface area contributed by atoms with Gasteiger partial charge in [0, 0.05) is 37.1 Å². The number of tetrazole rings is 1. The van der Waals surface area contributed by atoms with Crippen LogP contribution in [0.5, 0.6) is 0 Å². The van der Waals surface area contributed by atoms with E-state index in [0.717, 1.165) is 48.3 Å². The molecule has 5 rings (SSSR count). The third-order valence-electron chi connectivity index (χ3n) is 5.74. The number of hydrogen-bond acceptors (Lipinski definition) is 10. The van der Waals surface area contributed by atoms with Gasteiger partial charge in [-0.05, 0) is 34.4 Å². The second kappa shape index (κ2) is 8.88. The predicted octanol–water partition coefficient (Wildman–Crippen LogP) is 3.57. The average molecular weight is 471 g/mol. The van der Waals surface area contributed by atoms with E-state index in [9.17, 15) is 10.1 Å². The highest BCUT2D eigenvalue weighted by Crippen LogP contribution is 2.35. The van der Waals surface area contributed by atoms with E-state index in [1.807, 2.05) is 16.8 Å². The summed E-state index contributed by atoms with van der Waals surface area (Å²) in [5.41, 5.74) is 0.534. The van der Waals surface area contributed by atoms with Crippen LogP contribution in [0.15, 0.2) is 35.7 Å². The summed E-state index contributed by atoms with van der Waals surface area (Å²) in [6.07, 6.45) is 0.915. The molecule has 4 heterocycles. The number of nitro groups is 1. The Kier molecular flexibility index (Phi) is 5.81. The van der Waals surface area contributed by atoms with Gasteiger partial charge in [-0.3, -0.25) is 15.0 Å². The lowest BCUT2D eigenvalue weighted by molar-refractivity contribution is -0.383. The summed E-state index contributed by atoms with van der Waals surface area (Å²) in [7, 11) is 0. The molecule has 0 radical (unpaired) electrons. The Morgan fingerprint density at radius 1 is 1.19 bits per heavy atom. The molecule has 0 bridgehead atoms. The first-order valence-corrected chi connectivity index (χ1v) is 12.1. The number of thiophene rings is 1. The zero-order chi connectivity index (χ0) is 22.1. The van der Waals surface area contributed by atoms with Crippen molar-refractivity contribution in [1.82, 2.24) is 30.1 Å². The molecule has 0 spiro atoms. The van der Waals surface area contributed by atoms with Gasteiger partial charge in [-0.15, -0.1) is 16.4 Å². The van der Waals surface area contributed by atoms with Crippen LogP contribution in [0.25, 0.3) is 10.2 Å². The van der Waals surface area contributed by atoms with Gasteiger partial charge in [-0.1, -0.05) is 30.4 Å². The van der Waals surface area contributed by atoms with Gasteiger partial charge in [0.2, 0.25) is 0 Å². The molecule has 1 saturated heterocycles. The first-order valence-electron chi connectivity index (χ1n) is 10.5. The number of aromatic nitrogens is 5. The van der Waals surface area contributed by atoms with Crippen LogP contribution < -0.4 is 4.90 Å². The molecule has 0 amide bonds. The minimum atomic E-state index is -0.365. The molecule has 1 aliphatic heterocycles. The topological polar surface area (TPSA) is 106 Å². The Balaban J connectivity index is 1.30. The Morgan fingerprint density at radius 3 is 2.75 bits per heavy atom. The highest BCUT2D eigenvalue weighted by molar-refractivity contribution is 7.22. The van der Waals surface area contributed by atoms with E-state index in [1.165, 1.54) is 22.3 Å². The maximum absolute atomic E-state index is 11.3. The summed E-state index contributed by atoms with van der Waals surface area (Å²) in [6, 6.07) is 9.39. The highest BCUT2D eigenvalue weighted by Gasteiger charge is 2.29. The summed E-state index contributed by atoms with van der Waals surface area (Å²) in [5, 5.41) is 26.7. The standard InChI is InChI=1S/C20H22N8O2S2/c1-2-15(19-22-23-24-27(19)13-14-5-4-12-31-14)25-8-10-26(11-9-25)20-21-18-16(28(29)30)6-3-7-17(18)32-20/h3-7,12,15H,2,8-11,13H2,1H3. The van der Waals surface area contributed by atoms with Gasteiger partial charge in [0.25, 0.3) is 5.69 Å². The Morgan fingerprint density at radius 2 is 2.03 bits per heavy atom. The molecule has 0 aliphatic carbocycles. The molecule has 1 fully saturated rings. The predicted molar refractivity (Wildman–Crippen MR) is 124 cm³/mol. The monoisotopic (exact) mass is 470 g/mol. The van der Waals surface area contributed by atoms with Crippen molar-refractivity contribution in [2.45, 2.75) is 25.9 Å². The largest absolute Gasteiger partial charge is 0.345 e. The number of rotatable bonds is 7. The van der Waals surface area contributed by atoms with Crippen molar-refractivity contribution in [3.05, 3.63) is 56.5 Å². The van der Waals surface area contributed by atoms with Gasteiger partial charge in [0.05, 0.1) is 22.2 Å². The SMILES string of the molecule is CCC(c1nnnn1Cc1cccs1)N1CCN(c2nc3c([N+](=O)[O-])cccc3s2)CC1. The maximum Gasteiger partial charge on any atom is 0.296 e. The van der Waals surface area contributed by atoms with Crippen molar-refractivity contribution in [3.63, 3.8) is 0 Å². The third-order valence-corrected chi connectivity index (χ3v) is 7.68. The van der Waals surface area contributed by atoms with Crippen LogP contribution in [-0.4, -0.2) is 61.2 Å². The Bertz CT molecular complexity index is 1210. The van der Waals surface area contributed by atoms with Gasteiger partial charge in [-0.25, -0.2) is 9.67 Å². The fourth-order valence-electron chi connectivity index (χ4n) is 4.15. The fraction of sp³-hybridized carbons (Fsp3) is 0.400. The Labute approximate surface area is 192 Å². The maximum atomic E-state index is 11.3. The number of thiazole rings is 1. The van der Waals surface area contributed by atoms with Crippen LogP contribution in [0.2, 0.25) is 0 Å². The molecule has 10 nitrogen and oxygen atoms in total. The number of para-hydroxylation sites is 1. The summed E-state index contributed by atoms with van der Waals surface area (Å²) in [6.45, 7) is 6.15. The van der Waals surface area contributed by atoms with E-state index in [0.29, 0.717) is 12.1 Å². The first-order chi connectivity index (χ1) is 15.6. The molecule has 4 aromatic rings. The van der Waals surface area contributed by atoms with Crippen LogP contribution >= 0.6 is 22.7 Å². The van der Waals surface area contributed by atoms with Crippen molar-refractivity contribution >= 4 is 43.7 Å². The van der Waals surface area contributed by atoms with Crippen molar-refractivity contribution in [2.24, 2.45) is 0 Å². The van der Waals surface area contributed by atoms with Crippen LogP contribution in [0.1, 0.15) is 30.1 Å². The molecule has 3 aromatic heterocycles. The molecule has 166 valence electrons. The lowest BCUT2D eigenvalue weighted by atomic mass is 10.1. The highest BCUT2D eigenvalue weighted by atomic mass is 32.1. The van der Waals surface area contributed by atoms with Gasteiger partial charge in [0.1, 0.15) is 0 Å². The number of hydrogen-bond donors (Lipinski definition) is 0. The van der Waals surface area contributed by atoms with Gasteiger partial charge in [0.15, 0.2) is 16.5 Å². The number of piperazine rings is 1. The van der Waals surface area contributed by atoms with Gasteiger partial charge in [-0.2, -0.15) is 0 Å². The Hall–Kier alpha value is -2.96. The zero-order valence-electron chi connectivity index (χ0n) is 17.5. The molecular weight excluding hydrogens is 448 g/mol. The second-order valence-corrected chi connectivity index (χ2v) is 9.64. The number of nitrogens with zero attached hydrogens (tertiary/aromatic N) is 8. The summed E-state index contributed by atoms with van der Waals surface area (Å²) < 4.78 is 2.75. The number of non-ortho nitro benzene ring substituents is 1. The molecule has 1 aromatic carbocycles. The summed E-state index contributed by atoms with van der Waals surface area (Å²) in [5.74, 6) is 0.893. The lowest BCUT2D eigenvalue weighted by Gasteiger charge is -2.38. The lowest BCUT2D eigenvalue weighted by Crippen LogP contribution is -2.48. The molecule has 32 heavy (non-hydrogen) atoms. The van der Waals surface area contributed by atoms with E-state index < -0.39 is 0 Å². The normalized spacial score (nSPS) is 16.0. The first kappa shape index (κ1) is 20.9. The average Bonchev–Trinajstić information content (AvgIpc) is 3.56. The zero-order valence-corrected chi connectivity index (χ0v) is 19.1. The van der Waals surface area contributed by atoms with Crippen molar-refractivity contribution in [3.8, 4) is 0 Å².